The Balaban J connectivity index is 2.82. The lowest BCUT2D eigenvalue weighted by Crippen LogP contribution is -2.39. The van der Waals surface area contributed by atoms with Crippen LogP contribution in [0.15, 0.2) is 24.3 Å². The Morgan fingerprint density at radius 1 is 1.14 bits per heavy atom. The SMILES string of the molecule is CO[Si](C)(Cc1ccccc1C)OC. The predicted octanol–water partition coefficient (Wildman–Crippen LogP) is 2.44. The zero-order chi connectivity index (χ0) is 10.6. The van der Waals surface area contributed by atoms with Gasteiger partial charge < -0.3 is 8.85 Å². The minimum absolute atomic E-state index is 0.909. The Morgan fingerprint density at radius 2 is 1.71 bits per heavy atom. The van der Waals surface area contributed by atoms with Gasteiger partial charge in [0.2, 0.25) is 0 Å². The van der Waals surface area contributed by atoms with Crippen LogP contribution in [-0.2, 0) is 14.9 Å². The molecule has 0 aromatic heterocycles. The first-order valence-electron chi connectivity index (χ1n) is 4.76. The Kier molecular flexibility index (Phi) is 3.86. The zero-order valence-electron chi connectivity index (χ0n) is 9.33. The molecule has 0 aliphatic carbocycles. The van der Waals surface area contributed by atoms with Gasteiger partial charge in [-0.2, -0.15) is 0 Å². The molecule has 1 aromatic rings. The second-order valence-electron chi connectivity index (χ2n) is 3.65. The third-order valence-electron chi connectivity index (χ3n) is 2.64. The molecular formula is C11H18O2Si. The molecule has 0 saturated heterocycles. The molecule has 0 radical (unpaired) electrons. The highest BCUT2D eigenvalue weighted by Crippen LogP contribution is 2.16. The fourth-order valence-electron chi connectivity index (χ4n) is 1.38. The van der Waals surface area contributed by atoms with Crippen molar-refractivity contribution in [1.82, 2.24) is 0 Å². The molecule has 0 bridgehead atoms. The molecule has 0 fully saturated rings. The molecule has 0 saturated carbocycles. The van der Waals surface area contributed by atoms with Gasteiger partial charge in [0.05, 0.1) is 0 Å². The van der Waals surface area contributed by atoms with Gasteiger partial charge in [-0.25, -0.2) is 0 Å². The topological polar surface area (TPSA) is 18.5 Å². The second-order valence-corrected chi connectivity index (χ2v) is 7.08. The van der Waals surface area contributed by atoms with Crippen molar-refractivity contribution >= 4 is 8.56 Å². The molecule has 14 heavy (non-hydrogen) atoms. The van der Waals surface area contributed by atoms with Crippen LogP contribution in [-0.4, -0.2) is 22.8 Å². The van der Waals surface area contributed by atoms with Crippen molar-refractivity contribution in [2.24, 2.45) is 0 Å². The normalized spacial score (nSPS) is 11.7. The van der Waals surface area contributed by atoms with E-state index in [0.29, 0.717) is 0 Å². The number of aryl methyl sites for hydroxylation is 1. The molecule has 3 heteroatoms. The van der Waals surface area contributed by atoms with Crippen molar-refractivity contribution in [1.29, 1.82) is 0 Å². The van der Waals surface area contributed by atoms with Gasteiger partial charge in [-0.1, -0.05) is 24.3 Å². The van der Waals surface area contributed by atoms with Gasteiger partial charge in [0.25, 0.3) is 0 Å². The molecule has 0 spiro atoms. The molecule has 1 rings (SSSR count). The molecule has 0 atom stereocenters. The van der Waals surface area contributed by atoms with Crippen LogP contribution in [0.2, 0.25) is 6.55 Å². The van der Waals surface area contributed by atoms with E-state index < -0.39 is 8.56 Å². The van der Waals surface area contributed by atoms with Crippen molar-refractivity contribution in [2.45, 2.75) is 19.5 Å². The lowest BCUT2D eigenvalue weighted by molar-refractivity contribution is 0.249. The first-order valence-corrected chi connectivity index (χ1v) is 7.28. The monoisotopic (exact) mass is 210 g/mol. The summed E-state index contributed by atoms with van der Waals surface area (Å²) in [6.07, 6.45) is 0. The summed E-state index contributed by atoms with van der Waals surface area (Å²) in [7, 11) is 1.49. The van der Waals surface area contributed by atoms with Gasteiger partial charge in [0.15, 0.2) is 0 Å². The van der Waals surface area contributed by atoms with E-state index >= 15 is 0 Å². The van der Waals surface area contributed by atoms with Crippen LogP contribution in [0.5, 0.6) is 0 Å². The minimum Gasteiger partial charge on any atom is -0.398 e. The van der Waals surface area contributed by atoms with E-state index in [2.05, 4.69) is 37.7 Å². The summed E-state index contributed by atoms with van der Waals surface area (Å²) in [4.78, 5) is 0. The predicted molar refractivity (Wildman–Crippen MR) is 60.5 cm³/mol. The summed E-state index contributed by atoms with van der Waals surface area (Å²) in [5, 5.41) is 0. The smallest absolute Gasteiger partial charge is 0.338 e. The average Bonchev–Trinajstić information content (AvgIpc) is 2.21. The van der Waals surface area contributed by atoms with Crippen LogP contribution in [0.1, 0.15) is 11.1 Å². The number of benzene rings is 1. The maximum atomic E-state index is 5.46. The maximum Gasteiger partial charge on any atom is 0.338 e. The van der Waals surface area contributed by atoms with Crippen molar-refractivity contribution < 1.29 is 8.85 Å². The highest BCUT2D eigenvalue weighted by atomic mass is 28.4. The summed E-state index contributed by atoms with van der Waals surface area (Å²) in [5.74, 6) is 0. The lowest BCUT2D eigenvalue weighted by atomic mass is 10.1. The molecule has 0 unspecified atom stereocenters. The van der Waals surface area contributed by atoms with Crippen molar-refractivity contribution in [2.75, 3.05) is 14.2 Å². The number of hydrogen-bond donors (Lipinski definition) is 0. The van der Waals surface area contributed by atoms with Gasteiger partial charge in [-0.3, -0.25) is 0 Å². The van der Waals surface area contributed by atoms with E-state index in [0.717, 1.165) is 6.04 Å². The highest BCUT2D eigenvalue weighted by molar-refractivity contribution is 6.65. The summed E-state index contributed by atoms with van der Waals surface area (Å²) in [5.41, 5.74) is 2.63. The van der Waals surface area contributed by atoms with Crippen molar-refractivity contribution in [3.63, 3.8) is 0 Å². The Labute approximate surface area is 87.1 Å². The minimum atomic E-state index is -1.97. The van der Waals surface area contributed by atoms with Crippen molar-refractivity contribution in [3.8, 4) is 0 Å². The molecule has 0 amide bonds. The fraction of sp³-hybridized carbons (Fsp3) is 0.455. The van der Waals surface area contributed by atoms with Gasteiger partial charge in [-0.15, -0.1) is 0 Å². The lowest BCUT2D eigenvalue weighted by Gasteiger charge is -2.23. The van der Waals surface area contributed by atoms with E-state index in [9.17, 15) is 0 Å². The molecular weight excluding hydrogens is 192 g/mol. The molecule has 1 aromatic carbocycles. The zero-order valence-corrected chi connectivity index (χ0v) is 10.3. The van der Waals surface area contributed by atoms with Crippen LogP contribution in [0.4, 0.5) is 0 Å². The summed E-state index contributed by atoms with van der Waals surface area (Å²) in [6, 6.07) is 9.28. The summed E-state index contributed by atoms with van der Waals surface area (Å²) in [6.45, 7) is 4.20. The van der Waals surface area contributed by atoms with E-state index in [1.807, 2.05) is 0 Å². The van der Waals surface area contributed by atoms with Crippen LogP contribution in [0, 0.1) is 6.92 Å². The molecule has 0 heterocycles. The quantitative estimate of drug-likeness (QED) is 0.711. The average molecular weight is 210 g/mol. The molecule has 0 aliphatic rings. The third-order valence-corrected chi connectivity index (χ3v) is 5.39. The summed E-state index contributed by atoms with van der Waals surface area (Å²) < 4.78 is 10.9. The molecule has 78 valence electrons. The summed E-state index contributed by atoms with van der Waals surface area (Å²) >= 11 is 0. The number of rotatable bonds is 4. The fourth-order valence-corrected chi connectivity index (χ4v) is 2.93. The van der Waals surface area contributed by atoms with Gasteiger partial charge in [-0.05, 0) is 24.6 Å². The Bertz CT molecular complexity index is 295. The molecule has 2 nitrogen and oxygen atoms in total. The largest absolute Gasteiger partial charge is 0.398 e. The van der Waals surface area contributed by atoms with Crippen LogP contribution in [0.25, 0.3) is 0 Å². The van der Waals surface area contributed by atoms with Crippen LogP contribution in [0.3, 0.4) is 0 Å². The highest BCUT2D eigenvalue weighted by Gasteiger charge is 2.29. The van der Waals surface area contributed by atoms with E-state index in [1.165, 1.54) is 11.1 Å². The van der Waals surface area contributed by atoms with Gasteiger partial charge >= 0.3 is 8.56 Å². The van der Waals surface area contributed by atoms with Gasteiger partial charge in [0.1, 0.15) is 0 Å². The Morgan fingerprint density at radius 3 is 2.21 bits per heavy atom. The second kappa shape index (κ2) is 4.73. The molecule has 0 aliphatic heterocycles. The Hall–Kier alpha value is -0.643. The number of hydrogen-bond acceptors (Lipinski definition) is 2. The standard InChI is InChI=1S/C11H18O2Si/c1-10-7-5-6-8-11(10)9-14(4,12-2)13-3/h5-8H,9H2,1-4H3. The van der Waals surface area contributed by atoms with E-state index in [1.54, 1.807) is 14.2 Å². The molecule has 0 N–H and O–H groups in total. The van der Waals surface area contributed by atoms with Gasteiger partial charge in [0, 0.05) is 20.3 Å². The van der Waals surface area contributed by atoms with E-state index in [-0.39, 0.29) is 0 Å². The van der Waals surface area contributed by atoms with Crippen LogP contribution >= 0.6 is 0 Å². The maximum absolute atomic E-state index is 5.46. The first kappa shape index (κ1) is 11.4. The van der Waals surface area contributed by atoms with E-state index in [4.69, 9.17) is 8.85 Å². The van der Waals surface area contributed by atoms with Crippen molar-refractivity contribution in [3.05, 3.63) is 35.4 Å². The third kappa shape index (κ3) is 2.67. The first-order chi connectivity index (χ1) is 6.61. The van der Waals surface area contributed by atoms with Crippen LogP contribution < -0.4 is 0 Å².